The first-order chi connectivity index (χ1) is 12.9. The molecule has 0 bridgehead atoms. The summed E-state index contributed by atoms with van der Waals surface area (Å²) in [6.45, 7) is 1.18. The topological polar surface area (TPSA) is 63.2 Å². The van der Waals surface area contributed by atoms with Crippen LogP contribution in [0.1, 0.15) is 48.0 Å². The van der Waals surface area contributed by atoms with Crippen LogP contribution in [0, 0.1) is 12.7 Å². The van der Waals surface area contributed by atoms with Gasteiger partial charge in [-0.15, -0.1) is 0 Å². The highest BCUT2D eigenvalue weighted by Gasteiger charge is 2.28. The monoisotopic (exact) mass is 389 g/mol. The maximum atomic E-state index is 14.5. The molecule has 0 radical (unpaired) electrons. The predicted octanol–water partition coefficient (Wildman–Crippen LogP) is 4.24. The van der Waals surface area contributed by atoms with Crippen LogP contribution in [0.25, 0.3) is 11.1 Å². The van der Waals surface area contributed by atoms with Gasteiger partial charge in [-0.1, -0.05) is 49.6 Å². The minimum Gasteiger partial charge on any atom is -0.293 e. The van der Waals surface area contributed by atoms with Crippen molar-refractivity contribution in [2.45, 2.75) is 44.3 Å². The number of benzene rings is 2. The van der Waals surface area contributed by atoms with Crippen LogP contribution in [-0.4, -0.2) is 26.0 Å². The first-order valence-corrected chi connectivity index (χ1v) is 10.8. The summed E-state index contributed by atoms with van der Waals surface area (Å²) in [5.74, 6) is -1.16. The molecule has 1 fully saturated rings. The number of carbonyl (C=O) groups excluding carboxylic acids is 1. The molecule has 6 heteroatoms. The van der Waals surface area contributed by atoms with Crippen LogP contribution >= 0.6 is 0 Å². The third-order valence-corrected chi connectivity index (χ3v) is 6.98. The van der Waals surface area contributed by atoms with Gasteiger partial charge in [-0.25, -0.2) is 17.5 Å². The number of hydrogen-bond donors (Lipinski definition) is 1. The molecule has 1 aliphatic rings. The molecule has 0 atom stereocenters. The smallest absolute Gasteiger partial charge is 0.214 e. The molecular weight excluding hydrogens is 365 g/mol. The van der Waals surface area contributed by atoms with E-state index in [0.29, 0.717) is 18.4 Å². The van der Waals surface area contributed by atoms with E-state index in [1.807, 2.05) is 30.3 Å². The average Bonchev–Trinajstić information content (AvgIpc) is 2.69. The number of sulfonamides is 1. The van der Waals surface area contributed by atoms with Gasteiger partial charge in [0.05, 0.1) is 17.4 Å². The Labute approximate surface area is 159 Å². The largest absolute Gasteiger partial charge is 0.293 e. The van der Waals surface area contributed by atoms with E-state index in [9.17, 15) is 17.6 Å². The van der Waals surface area contributed by atoms with E-state index < -0.39 is 33.4 Å². The molecule has 1 saturated carbocycles. The summed E-state index contributed by atoms with van der Waals surface area (Å²) in [5, 5.41) is -0.457. The summed E-state index contributed by atoms with van der Waals surface area (Å²) in [4.78, 5) is 12.6. The van der Waals surface area contributed by atoms with Gasteiger partial charge in [-0.2, -0.15) is 0 Å². The zero-order chi connectivity index (χ0) is 19.4. The molecular formula is C21H24FNO3S. The second kappa shape index (κ2) is 8.31. The van der Waals surface area contributed by atoms with Crippen molar-refractivity contribution >= 4 is 15.8 Å². The fourth-order valence-corrected chi connectivity index (χ4v) is 5.05. The fourth-order valence-electron chi connectivity index (χ4n) is 3.52. The molecule has 0 spiro atoms. The maximum absolute atomic E-state index is 14.5. The van der Waals surface area contributed by atoms with Crippen LogP contribution in [0.2, 0.25) is 0 Å². The number of nitrogens with one attached hydrogen (secondary N) is 1. The Bertz CT molecular complexity index is 920. The molecule has 27 heavy (non-hydrogen) atoms. The molecule has 144 valence electrons. The zero-order valence-electron chi connectivity index (χ0n) is 15.4. The summed E-state index contributed by atoms with van der Waals surface area (Å²) in [5.41, 5.74) is 1.88. The van der Waals surface area contributed by atoms with Crippen LogP contribution < -0.4 is 4.72 Å². The summed E-state index contributed by atoms with van der Waals surface area (Å²) in [7, 11) is -3.56. The lowest BCUT2D eigenvalue weighted by Crippen LogP contribution is -2.38. The highest BCUT2D eigenvalue weighted by Crippen LogP contribution is 2.26. The number of carbonyl (C=O) groups is 1. The number of ketones is 1. The first kappa shape index (κ1) is 19.7. The van der Waals surface area contributed by atoms with Crippen LogP contribution in [0.4, 0.5) is 4.39 Å². The van der Waals surface area contributed by atoms with Gasteiger partial charge in [0.1, 0.15) is 5.82 Å². The molecule has 0 heterocycles. The summed E-state index contributed by atoms with van der Waals surface area (Å²) in [6, 6.07) is 12.6. The molecule has 0 saturated heterocycles. The van der Waals surface area contributed by atoms with Gasteiger partial charge in [0.15, 0.2) is 5.78 Å². The minimum atomic E-state index is -3.56. The quantitative estimate of drug-likeness (QED) is 0.752. The Kier molecular flexibility index (Phi) is 6.07. The summed E-state index contributed by atoms with van der Waals surface area (Å²) >= 11 is 0. The zero-order valence-corrected chi connectivity index (χ0v) is 16.2. The number of aryl methyl sites for hydroxylation is 1. The van der Waals surface area contributed by atoms with Gasteiger partial charge in [0, 0.05) is 0 Å². The Morgan fingerprint density at radius 3 is 2.41 bits per heavy atom. The van der Waals surface area contributed by atoms with Gasteiger partial charge in [0.2, 0.25) is 10.0 Å². The highest BCUT2D eigenvalue weighted by molar-refractivity contribution is 7.90. The molecule has 0 unspecified atom stereocenters. The van der Waals surface area contributed by atoms with E-state index in [2.05, 4.69) is 4.72 Å². The number of Topliss-reactive ketones (excluding diaryl/α,β-unsaturated/α-hetero) is 1. The summed E-state index contributed by atoms with van der Waals surface area (Å²) in [6.07, 6.45) is 4.03. The van der Waals surface area contributed by atoms with Crippen molar-refractivity contribution in [2.24, 2.45) is 0 Å². The molecule has 4 nitrogen and oxygen atoms in total. The van der Waals surface area contributed by atoms with Gasteiger partial charge in [0.25, 0.3) is 0 Å². The van der Waals surface area contributed by atoms with Gasteiger partial charge >= 0.3 is 0 Å². The van der Waals surface area contributed by atoms with E-state index in [-0.39, 0.29) is 5.56 Å². The third-order valence-electron chi connectivity index (χ3n) is 5.09. The second-order valence-electron chi connectivity index (χ2n) is 7.07. The first-order valence-electron chi connectivity index (χ1n) is 9.26. The lowest BCUT2D eigenvalue weighted by atomic mass is 9.98. The van der Waals surface area contributed by atoms with E-state index in [0.717, 1.165) is 30.4 Å². The Balaban J connectivity index is 1.79. The number of rotatable bonds is 6. The fraction of sp³-hybridized carbons (Fsp3) is 0.381. The summed E-state index contributed by atoms with van der Waals surface area (Å²) < 4.78 is 41.7. The van der Waals surface area contributed by atoms with Crippen LogP contribution in [0.15, 0.2) is 42.5 Å². The Morgan fingerprint density at radius 1 is 1.07 bits per heavy atom. The molecule has 2 aromatic carbocycles. The van der Waals surface area contributed by atoms with Crippen molar-refractivity contribution in [3.8, 4) is 11.1 Å². The lowest BCUT2D eigenvalue weighted by Gasteiger charge is -2.21. The highest BCUT2D eigenvalue weighted by atomic mass is 32.2. The van der Waals surface area contributed by atoms with Crippen LogP contribution in [-0.2, 0) is 10.0 Å². The molecule has 0 aliphatic heterocycles. The van der Waals surface area contributed by atoms with E-state index in [1.165, 1.54) is 6.07 Å². The van der Waals surface area contributed by atoms with E-state index >= 15 is 0 Å². The standard InChI is InChI=1S/C21H24FNO3S/c1-15-12-17(16-8-4-2-5-9-16)13-19(21(15)22)20(24)14-23-27(25,26)18-10-6-3-7-11-18/h2,4-5,8-9,12-13,18,23H,3,6-7,10-11,14H2,1H3. The second-order valence-corrected chi connectivity index (χ2v) is 9.12. The normalized spacial score (nSPS) is 15.6. The lowest BCUT2D eigenvalue weighted by molar-refractivity contribution is 0.0993. The maximum Gasteiger partial charge on any atom is 0.214 e. The van der Waals surface area contributed by atoms with E-state index in [4.69, 9.17) is 0 Å². The third kappa shape index (κ3) is 4.62. The van der Waals surface area contributed by atoms with Gasteiger partial charge in [-0.05, 0) is 48.6 Å². The van der Waals surface area contributed by atoms with Crippen molar-refractivity contribution in [2.75, 3.05) is 6.54 Å². The average molecular weight is 389 g/mol. The Hall–Kier alpha value is -2.05. The molecule has 0 amide bonds. The molecule has 2 aromatic rings. The molecule has 1 N–H and O–H groups in total. The van der Waals surface area contributed by atoms with Crippen LogP contribution in [0.5, 0.6) is 0 Å². The number of halogens is 1. The SMILES string of the molecule is Cc1cc(-c2ccccc2)cc(C(=O)CNS(=O)(=O)C2CCCCC2)c1F. The van der Waals surface area contributed by atoms with Crippen molar-refractivity contribution in [1.29, 1.82) is 0 Å². The van der Waals surface area contributed by atoms with Crippen molar-refractivity contribution in [1.82, 2.24) is 4.72 Å². The number of hydrogen-bond acceptors (Lipinski definition) is 3. The Morgan fingerprint density at radius 2 is 1.74 bits per heavy atom. The van der Waals surface area contributed by atoms with E-state index in [1.54, 1.807) is 13.0 Å². The predicted molar refractivity (Wildman–Crippen MR) is 105 cm³/mol. The molecule has 0 aromatic heterocycles. The molecule has 1 aliphatic carbocycles. The van der Waals surface area contributed by atoms with Gasteiger partial charge < -0.3 is 0 Å². The van der Waals surface area contributed by atoms with Crippen molar-refractivity contribution in [3.63, 3.8) is 0 Å². The van der Waals surface area contributed by atoms with Crippen molar-refractivity contribution < 1.29 is 17.6 Å². The molecule has 3 rings (SSSR count). The van der Waals surface area contributed by atoms with Crippen LogP contribution in [0.3, 0.4) is 0 Å². The van der Waals surface area contributed by atoms with Gasteiger partial charge in [-0.3, -0.25) is 4.79 Å². The minimum absolute atomic E-state index is 0.0832. The van der Waals surface area contributed by atoms with Crippen molar-refractivity contribution in [3.05, 3.63) is 59.4 Å².